The van der Waals surface area contributed by atoms with Crippen molar-refractivity contribution in [1.82, 2.24) is 10.2 Å². The molecule has 1 atom stereocenters. The summed E-state index contributed by atoms with van der Waals surface area (Å²) in [6.45, 7) is 5.10. The minimum absolute atomic E-state index is 0.0546. The van der Waals surface area contributed by atoms with Crippen molar-refractivity contribution >= 4 is 23.4 Å². The quantitative estimate of drug-likeness (QED) is 0.274. The number of hydrogen-bond acceptors (Lipinski definition) is 2. The van der Waals surface area contributed by atoms with Crippen molar-refractivity contribution in [2.75, 3.05) is 6.54 Å². The molecule has 5 heteroatoms. The molecule has 190 valence electrons. The summed E-state index contributed by atoms with van der Waals surface area (Å²) in [5.74, 6) is -0.180. The molecule has 1 unspecified atom stereocenters. The largest absolute Gasteiger partial charge is 0.354 e. The Morgan fingerprint density at radius 1 is 0.861 bits per heavy atom. The molecule has 0 bridgehead atoms. The molecule has 0 radical (unpaired) electrons. The predicted molar refractivity (Wildman–Crippen MR) is 148 cm³/mol. The van der Waals surface area contributed by atoms with E-state index in [-0.39, 0.29) is 18.4 Å². The van der Waals surface area contributed by atoms with E-state index in [1.807, 2.05) is 54.6 Å². The third-order valence-corrected chi connectivity index (χ3v) is 6.83. The third-order valence-electron chi connectivity index (χ3n) is 6.46. The highest BCUT2D eigenvalue weighted by molar-refractivity contribution is 6.31. The van der Waals surface area contributed by atoms with Crippen molar-refractivity contribution in [1.29, 1.82) is 0 Å². The van der Waals surface area contributed by atoms with E-state index in [0.717, 1.165) is 36.0 Å². The molecule has 1 N–H and O–H groups in total. The van der Waals surface area contributed by atoms with E-state index < -0.39 is 6.04 Å². The highest BCUT2D eigenvalue weighted by atomic mass is 35.5. The van der Waals surface area contributed by atoms with E-state index in [1.165, 1.54) is 5.56 Å². The first-order valence-electron chi connectivity index (χ1n) is 12.9. The van der Waals surface area contributed by atoms with Crippen LogP contribution in [0.2, 0.25) is 5.02 Å². The lowest BCUT2D eigenvalue weighted by Gasteiger charge is -2.32. The van der Waals surface area contributed by atoms with Gasteiger partial charge in [0.15, 0.2) is 0 Å². The van der Waals surface area contributed by atoms with Gasteiger partial charge in [-0.05, 0) is 47.6 Å². The van der Waals surface area contributed by atoms with Gasteiger partial charge in [0.1, 0.15) is 6.04 Å². The molecule has 0 fully saturated rings. The number of rotatable bonds is 13. The van der Waals surface area contributed by atoms with Crippen LogP contribution >= 0.6 is 11.6 Å². The first kappa shape index (κ1) is 27.5. The molecule has 4 nitrogen and oxygen atoms in total. The van der Waals surface area contributed by atoms with E-state index in [4.69, 9.17) is 11.6 Å². The molecule has 0 aliphatic carbocycles. The van der Waals surface area contributed by atoms with Crippen LogP contribution in [0.3, 0.4) is 0 Å². The van der Waals surface area contributed by atoms with Crippen LogP contribution in [0.4, 0.5) is 0 Å². The number of amides is 2. The van der Waals surface area contributed by atoms with Crippen LogP contribution in [-0.2, 0) is 35.4 Å². The minimum atomic E-state index is -0.629. The lowest BCUT2D eigenvalue weighted by atomic mass is 10.0. The second-order valence-electron chi connectivity index (χ2n) is 9.13. The van der Waals surface area contributed by atoms with Crippen molar-refractivity contribution in [2.24, 2.45) is 0 Å². The molecule has 0 heterocycles. The van der Waals surface area contributed by atoms with Gasteiger partial charge in [0, 0.05) is 31.0 Å². The van der Waals surface area contributed by atoms with Crippen LogP contribution in [0.25, 0.3) is 0 Å². The van der Waals surface area contributed by atoms with E-state index in [1.54, 1.807) is 4.90 Å². The van der Waals surface area contributed by atoms with Gasteiger partial charge in [-0.3, -0.25) is 9.59 Å². The van der Waals surface area contributed by atoms with E-state index in [0.29, 0.717) is 30.8 Å². The maximum absolute atomic E-state index is 13.7. The fourth-order valence-corrected chi connectivity index (χ4v) is 4.40. The Kier molecular flexibility index (Phi) is 11.0. The third kappa shape index (κ3) is 8.23. The summed E-state index contributed by atoms with van der Waals surface area (Å²) in [6, 6.07) is 25.2. The summed E-state index contributed by atoms with van der Waals surface area (Å²) in [4.78, 5) is 28.9. The van der Waals surface area contributed by atoms with E-state index in [9.17, 15) is 9.59 Å². The number of nitrogens with zero attached hydrogens (tertiary/aromatic N) is 1. The first-order valence-corrected chi connectivity index (χ1v) is 13.3. The van der Waals surface area contributed by atoms with Crippen molar-refractivity contribution in [2.45, 2.75) is 65.0 Å². The summed E-state index contributed by atoms with van der Waals surface area (Å²) in [5.41, 5.74) is 4.24. The summed E-state index contributed by atoms with van der Waals surface area (Å²) in [6.07, 6.45) is 4.26. The van der Waals surface area contributed by atoms with Gasteiger partial charge < -0.3 is 10.2 Å². The Labute approximate surface area is 220 Å². The Hall–Kier alpha value is -3.11. The monoisotopic (exact) mass is 504 g/mol. The van der Waals surface area contributed by atoms with Gasteiger partial charge in [-0.2, -0.15) is 0 Å². The van der Waals surface area contributed by atoms with E-state index >= 15 is 0 Å². The number of nitrogens with one attached hydrogen (secondary N) is 1. The van der Waals surface area contributed by atoms with Gasteiger partial charge in [0.05, 0.1) is 0 Å². The molecule has 3 aromatic rings. The topological polar surface area (TPSA) is 49.4 Å². The number of hydrogen-bond donors (Lipinski definition) is 1. The van der Waals surface area contributed by atoms with Crippen molar-refractivity contribution in [3.63, 3.8) is 0 Å². The van der Waals surface area contributed by atoms with Gasteiger partial charge >= 0.3 is 0 Å². The Morgan fingerprint density at radius 2 is 1.53 bits per heavy atom. The molecule has 0 saturated carbocycles. The zero-order chi connectivity index (χ0) is 25.8. The molecular weight excluding hydrogens is 468 g/mol. The Balaban J connectivity index is 1.87. The minimum Gasteiger partial charge on any atom is -0.354 e. The van der Waals surface area contributed by atoms with E-state index in [2.05, 4.69) is 43.4 Å². The average Bonchev–Trinajstić information content (AvgIpc) is 2.91. The second-order valence-corrected chi connectivity index (χ2v) is 9.54. The maximum atomic E-state index is 13.7. The standard InChI is InChI=1S/C31H37ClN2O2/c1-3-5-21-33-31(36)29(22-26-11-7-6-8-12-26)34(23-27-13-9-10-14-28(27)32)30(35)20-19-25-17-15-24(4-2)16-18-25/h6-18,29H,3-5,19-23H2,1-2H3,(H,33,36). The number of carbonyl (C=O) groups is 2. The van der Waals surface area contributed by atoms with Crippen LogP contribution in [-0.4, -0.2) is 29.3 Å². The zero-order valence-corrected chi connectivity index (χ0v) is 22.1. The number of aryl methyl sites for hydroxylation is 2. The van der Waals surface area contributed by atoms with Crippen molar-refractivity contribution < 1.29 is 9.59 Å². The van der Waals surface area contributed by atoms with Gasteiger partial charge in [0.25, 0.3) is 0 Å². The molecule has 0 saturated heterocycles. The summed E-state index contributed by atoms with van der Waals surface area (Å²) >= 11 is 6.48. The number of benzene rings is 3. The normalized spacial score (nSPS) is 11.6. The van der Waals surface area contributed by atoms with Gasteiger partial charge in [-0.1, -0.05) is 105 Å². The lowest BCUT2D eigenvalue weighted by molar-refractivity contribution is -0.141. The molecule has 3 aromatic carbocycles. The number of carbonyl (C=O) groups excluding carboxylic acids is 2. The summed E-state index contributed by atoms with van der Waals surface area (Å²) in [7, 11) is 0. The molecule has 0 aromatic heterocycles. The first-order chi connectivity index (χ1) is 17.5. The van der Waals surface area contributed by atoms with Crippen LogP contribution in [0.1, 0.15) is 55.4 Å². The average molecular weight is 505 g/mol. The van der Waals surface area contributed by atoms with Gasteiger partial charge in [-0.25, -0.2) is 0 Å². The maximum Gasteiger partial charge on any atom is 0.243 e. The lowest BCUT2D eigenvalue weighted by Crippen LogP contribution is -2.50. The molecule has 0 aliphatic rings. The predicted octanol–water partition coefficient (Wildman–Crippen LogP) is 6.39. The highest BCUT2D eigenvalue weighted by Crippen LogP contribution is 2.21. The molecule has 3 rings (SSSR count). The molecule has 2 amide bonds. The fourth-order valence-electron chi connectivity index (χ4n) is 4.21. The van der Waals surface area contributed by atoms with Crippen LogP contribution in [0.15, 0.2) is 78.9 Å². The molecular formula is C31H37ClN2O2. The van der Waals surface area contributed by atoms with Crippen LogP contribution in [0.5, 0.6) is 0 Å². The number of unbranched alkanes of at least 4 members (excludes halogenated alkanes) is 1. The fraction of sp³-hybridized carbons (Fsp3) is 0.355. The summed E-state index contributed by atoms with van der Waals surface area (Å²) < 4.78 is 0. The second kappa shape index (κ2) is 14.4. The SMILES string of the molecule is CCCCNC(=O)C(Cc1ccccc1)N(Cc1ccccc1Cl)C(=O)CCc1ccc(CC)cc1. The molecule has 36 heavy (non-hydrogen) atoms. The highest BCUT2D eigenvalue weighted by Gasteiger charge is 2.30. The van der Waals surface area contributed by atoms with Crippen molar-refractivity contribution in [3.05, 3.63) is 106 Å². The van der Waals surface area contributed by atoms with Gasteiger partial charge in [0.2, 0.25) is 11.8 Å². The summed E-state index contributed by atoms with van der Waals surface area (Å²) in [5, 5.41) is 3.65. The molecule has 0 aliphatic heterocycles. The Bertz CT molecular complexity index is 1100. The van der Waals surface area contributed by atoms with Crippen LogP contribution < -0.4 is 5.32 Å². The van der Waals surface area contributed by atoms with Gasteiger partial charge in [-0.15, -0.1) is 0 Å². The number of halogens is 1. The molecule has 0 spiro atoms. The van der Waals surface area contributed by atoms with Crippen molar-refractivity contribution in [3.8, 4) is 0 Å². The van der Waals surface area contributed by atoms with Crippen LogP contribution in [0, 0.1) is 0 Å². The Morgan fingerprint density at radius 3 is 2.19 bits per heavy atom. The smallest absolute Gasteiger partial charge is 0.243 e. The zero-order valence-electron chi connectivity index (χ0n) is 21.4.